The second-order valence-electron chi connectivity index (χ2n) is 2.74. The Morgan fingerprint density at radius 2 is 1.79 bits per heavy atom. The van der Waals surface area contributed by atoms with Crippen LogP contribution in [-0.2, 0) is 0 Å². The van der Waals surface area contributed by atoms with E-state index in [1.54, 1.807) is 6.92 Å². The Morgan fingerprint density at radius 1 is 1.07 bits per heavy atom. The summed E-state index contributed by atoms with van der Waals surface area (Å²) in [5.74, 6) is 0.257. The molecule has 0 aliphatic rings. The normalized spacial score (nSPS) is 10.7. The molecule has 14 heavy (non-hydrogen) atoms. The zero-order valence-corrected chi connectivity index (χ0v) is 8.08. The van der Waals surface area contributed by atoms with Crippen LogP contribution in [0, 0.1) is 6.92 Å². The first kappa shape index (κ1) is 8.89. The highest BCUT2D eigenvalue weighted by Gasteiger charge is 2.08. The van der Waals surface area contributed by atoms with Gasteiger partial charge < -0.3 is 11.5 Å². The minimum absolute atomic E-state index is 0.0750. The van der Waals surface area contributed by atoms with Crippen LogP contribution in [0.4, 0.5) is 11.8 Å². The van der Waals surface area contributed by atoms with Crippen molar-refractivity contribution in [3.8, 4) is 0 Å². The number of nitrogens with zero attached hydrogens (tertiary/aromatic N) is 4. The Labute approximate surface area is 84.3 Å². The molecule has 0 atom stereocenters. The Kier molecular flexibility index (Phi) is 1.85. The van der Waals surface area contributed by atoms with Gasteiger partial charge in [0, 0.05) is 0 Å². The summed E-state index contributed by atoms with van der Waals surface area (Å²) in [6.45, 7) is 1.73. The lowest BCUT2D eigenvalue weighted by Gasteiger charge is -2.02. The Balaban J connectivity index is 2.89. The van der Waals surface area contributed by atoms with Crippen LogP contribution < -0.4 is 11.5 Å². The van der Waals surface area contributed by atoms with E-state index in [2.05, 4.69) is 19.9 Å². The van der Waals surface area contributed by atoms with E-state index < -0.39 is 0 Å². The quantitative estimate of drug-likeness (QED) is 0.658. The molecule has 7 heteroatoms. The molecule has 0 spiro atoms. The highest BCUT2D eigenvalue weighted by molar-refractivity contribution is 6.30. The second kappa shape index (κ2) is 2.91. The lowest BCUT2D eigenvalue weighted by atomic mass is 10.4. The van der Waals surface area contributed by atoms with Crippen LogP contribution in [0.25, 0.3) is 11.2 Å². The summed E-state index contributed by atoms with van der Waals surface area (Å²) in [5, 5.41) is 0.289. The molecular formula is C7H7ClN6. The summed E-state index contributed by atoms with van der Waals surface area (Å²) >= 11 is 5.78. The highest BCUT2D eigenvalue weighted by Crippen LogP contribution is 2.18. The second-order valence-corrected chi connectivity index (χ2v) is 3.10. The zero-order valence-electron chi connectivity index (χ0n) is 7.32. The molecule has 0 amide bonds. The van der Waals surface area contributed by atoms with Crippen LogP contribution in [0.3, 0.4) is 0 Å². The maximum absolute atomic E-state index is 5.78. The number of aromatic nitrogens is 4. The van der Waals surface area contributed by atoms with Gasteiger partial charge in [-0.05, 0) is 6.92 Å². The summed E-state index contributed by atoms with van der Waals surface area (Å²) in [4.78, 5) is 15.8. The molecule has 0 fully saturated rings. The Hall–Kier alpha value is -1.69. The molecule has 2 heterocycles. The van der Waals surface area contributed by atoms with Crippen molar-refractivity contribution >= 4 is 34.5 Å². The lowest BCUT2D eigenvalue weighted by molar-refractivity contribution is 1.12. The van der Waals surface area contributed by atoms with Gasteiger partial charge in [0.25, 0.3) is 0 Å². The molecular weight excluding hydrogens is 204 g/mol. The molecule has 0 saturated carbocycles. The van der Waals surface area contributed by atoms with E-state index >= 15 is 0 Å². The molecule has 6 nitrogen and oxygen atoms in total. The number of hydrogen-bond donors (Lipinski definition) is 2. The summed E-state index contributed by atoms with van der Waals surface area (Å²) < 4.78 is 0. The number of anilines is 2. The summed E-state index contributed by atoms with van der Waals surface area (Å²) in [6.07, 6.45) is 0. The third-order valence-corrected chi connectivity index (χ3v) is 2.05. The smallest absolute Gasteiger partial charge is 0.224 e. The van der Waals surface area contributed by atoms with Crippen molar-refractivity contribution in [2.24, 2.45) is 0 Å². The Bertz CT molecular complexity index is 511. The van der Waals surface area contributed by atoms with Crippen molar-refractivity contribution in [3.63, 3.8) is 0 Å². The van der Waals surface area contributed by atoms with Gasteiger partial charge in [0.1, 0.15) is 0 Å². The average Bonchev–Trinajstić information content (AvgIpc) is 2.08. The van der Waals surface area contributed by atoms with E-state index in [-0.39, 0.29) is 16.9 Å². The fraction of sp³-hybridized carbons (Fsp3) is 0.143. The standard InChI is InChI=1S/C7H7ClN6/c1-2-4(8)12-3-5(9)13-7(10)14-6(3)11-2/h1H3,(H4,9,10,11,13,14). The average molecular weight is 211 g/mol. The van der Waals surface area contributed by atoms with E-state index in [0.717, 1.165) is 0 Å². The van der Waals surface area contributed by atoms with Crippen molar-refractivity contribution in [2.75, 3.05) is 11.5 Å². The molecule has 4 N–H and O–H groups in total. The number of aryl methyl sites for hydroxylation is 1. The van der Waals surface area contributed by atoms with E-state index in [1.165, 1.54) is 0 Å². The van der Waals surface area contributed by atoms with Crippen molar-refractivity contribution in [1.82, 2.24) is 19.9 Å². The van der Waals surface area contributed by atoms with Crippen LogP contribution in [0.1, 0.15) is 5.69 Å². The first-order valence-electron chi connectivity index (χ1n) is 3.81. The van der Waals surface area contributed by atoms with Gasteiger partial charge in [-0.1, -0.05) is 11.6 Å². The minimum Gasteiger partial charge on any atom is -0.382 e. The molecule has 0 aromatic carbocycles. The SMILES string of the molecule is Cc1nc2nc(N)nc(N)c2nc1Cl. The fourth-order valence-corrected chi connectivity index (χ4v) is 1.17. The molecule has 2 rings (SSSR count). The molecule has 0 aliphatic heterocycles. The van der Waals surface area contributed by atoms with Gasteiger partial charge in [0.2, 0.25) is 5.95 Å². The van der Waals surface area contributed by atoms with Gasteiger partial charge in [-0.25, -0.2) is 9.97 Å². The molecule has 0 radical (unpaired) electrons. The first-order valence-corrected chi connectivity index (χ1v) is 4.18. The van der Waals surface area contributed by atoms with E-state index in [0.29, 0.717) is 16.9 Å². The predicted octanol–water partition coefficient (Wildman–Crippen LogP) is 0.546. The van der Waals surface area contributed by atoms with Gasteiger partial charge in [-0.2, -0.15) is 9.97 Å². The lowest BCUT2D eigenvalue weighted by Crippen LogP contribution is -2.04. The van der Waals surface area contributed by atoms with Crippen molar-refractivity contribution in [3.05, 3.63) is 10.8 Å². The maximum Gasteiger partial charge on any atom is 0.224 e. The van der Waals surface area contributed by atoms with Crippen LogP contribution in [-0.4, -0.2) is 19.9 Å². The van der Waals surface area contributed by atoms with E-state index in [4.69, 9.17) is 23.1 Å². The van der Waals surface area contributed by atoms with Crippen LogP contribution in [0.5, 0.6) is 0 Å². The summed E-state index contributed by atoms with van der Waals surface area (Å²) in [5.41, 5.74) is 12.3. The van der Waals surface area contributed by atoms with Gasteiger partial charge >= 0.3 is 0 Å². The van der Waals surface area contributed by atoms with Gasteiger partial charge in [0.05, 0.1) is 5.69 Å². The largest absolute Gasteiger partial charge is 0.382 e. The van der Waals surface area contributed by atoms with Gasteiger partial charge in [-0.3, -0.25) is 0 Å². The van der Waals surface area contributed by atoms with Crippen LogP contribution in [0.15, 0.2) is 0 Å². The van der Waals surface area contributed by atoms with Gasteiger partial charge in [-0.15, -0.1) is 0 Å². The zero-order chi connectivity index (χ0) is 10.3. The molecule has 2 aromatic heterocycles. The van der Waals surface area contributed by atoms with Gasteiger partial charge in [0.15, 0.2) is 22.1 Å². The molecule has 2 aromatic rings. The minimum atomic E-state index is 0.0750. The first-order chi connectivity index (χ1) is 6.58. The van der Waals surface area contributed by atoms with E-state index in [9.17, 15) is 0 Å². The Morgan fingerprint density at radius 3 is 2.50 bits per heavy atom. The number of nitrogen functional groups attached to an aromatic ring is 2. The number of fused-ring (bicyclic) bond motifs is 1. The highest BCUT2D eigenvalue weighted by atomic mass is 35.5. The van der Waals surface area contributed by atoms with E-state index in [1.807, 2.05) is 0 Å². The monoisotopic (exact) mass is 210 g/mol. The van der Waals surface area contributed by atoms with Crippen LogP contribution in [0.2, 0.25) is 5.15 Å². The third-order valence-electron chi connectivity index (χ3n) is 1.69. The molecule has 0 unspecified atom stereocenters. The van der Waals surface area contributed by atoms with Crippen LogP contribution >= 0.6 is 11.6 Å². The number of hydrogen-bond acceptors (Lipinski definition) is 6. The van der Waals surface area contributed by atoms with Crippen molar-refractivity contribution in [1.29, 1.82) is 0 Å². The summed E-state index contributed by atoms with van der Waals surface area (Å²) in [6, 6.07) is 0. The van der Waals surface area contributed by atoms with Crippen molar-refractivity contribution < 1.29 is 0 Å². The predicted molar refractivity (Wildman–Crippen MR) is 53.7 cm³/mol. The molecule has 0 saturated heterocycles. The topological polar surface area (TPSA) is 104 Å². The maximum atomic E-state index is 5.78. The molecule has 72 valence electrons. The number of rotatable bonds is 0. The number of nitrogens with two attached hydrogens (primary N) is 2. The molecule has 0 bridgehead atoms. The summed E-state index contributed by atoms with van der Waals surface area (Å²) in [7, 11) is 0. The fourth-order valence-electron chi connectivity index (χ4n) is 1.05. The molecule has 0 aliphatic carbocycles. The third kappa shape index (κ3) is 1.29. The number of halogens is 1. The van der Waals surface area contributed by atoms with Crippen molar-refractivity contribution in [2.45, 2.75) is 6.92 Å².